The first-order valence-corrected chi connectivity index (χ1v) is 11.8. The number of hydrogen-bond donors (Lipinski definition) is 2. The molecule has 5 rings (SSSR count). The molecule has 1 saturated heterocycles. The monoisotopic (exact) mass is 446 g/mol. The van der Waals surface area contributed by atoms with Gasteiger partial charge in [0.15, 0.2) is 0 Å². The largest absolute Gasteiger partial charge is 0.361 e. The van der Waals surface area contributed by atoms with Gasteiger partial charge in [-0.2, -0.15) is 0 Å². The van der Waals surface area contributed by atoms with Gasteiger partial charge < -0.3 is 15.2 Å². The number of nitrogens with one attached hydrogen (secondary N) is 2. The molecular formula is C26H31FN6. The van der Waals surface area contributed by atoms with Gasteiger partial charge in [-0.3, -0.25) is 4.57 Å². The molecule has 0 bridgehead atoms. The predicted molar refractivity (Wildman–Crippen MR) is 129 cm³/mol. The van der Waals surface area contributed by atoms with Crippen molar-refractivity contribution >= 4 is 10.9 Å². The molecule has 4 aromatic rings. The van der Waals surface area contributed by atoms with Crippen LogP contribution < -0.4 is 5.32 Å². The van der Waals surface area contributed by atoms with Crippen molar-refractivity contribution in [1.82, 2.24) is 30.0 Å². The summed E-state index contributed by atoms with van der Waals surface area (Å²) in [5, 5.41) is 12.8. The highest BCUT2D eigenvalue weighted by Gasteiger charge is 2.20. The van der Waals surface area contributed by atoms with Crippen molar-refractivity contribution in [2.24, 2.45) is 0 Å². The van der Waals surface area contributed by atoms with E-state index in [-0.39, 0.29) is 11.9 Å². The molecule has 2 aromatic carbocycles. The number of fused-ring (bicyclic) bond motifs is 1. The van der Waals surface area contributed by atoms with Crippen molar-refractivity contribution in [1.29, 1.82) is 0 Å². The van der Waals surface area contributed by atoms with Gasteiger partial charge in [0.05, 0.1) is 0 Å². The Hall–Kier alpha value is -3.03. The minimum atomic E-state index is -0.178. The molecule has 6 nitrogen and oxygen atoms in total. The Morgan fingerprint density at radius 2 is 1.85 bits per heavy atom. The van der Waals surface area contributed by atoms with Crippen molar-refractivity contribution in [3.05, 3.63) is 78.3 Å². The maximum Gasteiger partial charge on any atom is 0.123 e. The SMILES string of the molecule is C[C@H](NC1CCN(CCCc2c[nH]c3ccc(-n4cnnc4)cc23)CC1)c1ccc(F)cc1. The van der Waals surface area contributed by atoms with Crippen LogP contribution in [0.15, 0.2) is 61.3 Å². The maximum absolute atomic E-state index is 13.2. The Labute approximate surface area is 193 Å². The molecule has 2 aromatic heterocycles. The molecule has 172 valence electrons. The number of benzene rings is 2. The molecular weight excluding hydrogens is 415 g/mol. The number of nitrogens with zero attached hydrogens (tertiary/aromatic N) is 4. The molecule has 0 saturated carbocycles. The lowest BCUT2D eigenvalue weighted by Crippen LogP contribution is -2.43. The molecule has 2 N–H and O–H groups in total. The van der Waals surface area contributed by atoms with Crippen LogP contribution in [-0.4, -0.2) is 50.3 Å². The number of rotatable bonds is 8. The lowest BCUT2D eigenvalue weighted by Gasteiger charge is -2.34. The zero-order valence-electron chi connectivity index (χ0n) is 19.0. The molecule has 1 atom stereocenters. The first kappa shape index (κ1) is 21.8. The van der Waals surface area contributed by atoms with Crippen LogP contribution in [-0.2, 0) is 6.42 Å². The summed E-state index contributed by atoms with van der Waals surface area (Å²) in [5.74, 6) is -0.178. The third-order valence-corrected chi connectivity index (χ3v) is 6.83. The zero-order chi connectivity index (χ0) is 22.6. The van der Waals surface area contributed by atoms with Gasteiger partial charge >= 0.3 is 0 Å². The Morgan fingerprint density at radius 1 is 1.09 bits per heavy atom. The van der Waals surface area contributed by atoms with Crippen molar-refractivity contribution in [3.63, 3.8) is 0 Å². The quantitative estimate of drug-likeness (QED) is 0.414. The van der Waals surface area contributed by atoms with E-state index in [1.807, 2.05) is 16.7 Å². The van der Waals surface area contributed by atoms with Gasteiger partial charge in [0, 0.05) is 34.9 Å². The van der Waals surface area contributed by atoms with E-state index < -0.39 is 0 Å². The third kappa shape index (κ3) is 5.15. The van der Waals surface area contributed by atoms with E-state index in [0.717, 1.165) is 56.6 Å². The van der Waals surface area contributed by atoms with E-state index >= 15 is 0 Å². The van der Waals surface area contributed by atoms with Crippen LogP contribution in [0.4, 0.5) is 4.39 Å². The summed E-state index contributed by atoms with van der Waals surface area (Å²) in [4.78, 5) is 5.99. The average Bonchev–Trinajstić information content (AvgIpc) is 3.51. The van der Waals surface area contributed by atoms with E-state index in [9.17, 15) is 4.39 Å². The number of hydrogen-bond acceptors (Lipinski definition) is 4. The van der Waals surface area contributed by atoms with E-state index in [2.05, 4.69) is 56.7 Å². The number of piperidine rings is 1. The van der Waals surface area contributed by atoms with Crippen molar-refractivity contribution in [3.8, 4) is 5.69 Å². The van der Waals surface area contributed by atoms with Gasteiger partial charge in [-0.25, -0.2) is 4.39 Å². The molecule has 1 fully saturated rings. The molecule has 3 heterocycles. The molecule has 0 unspecified atom stereocenters. The summed E-state index contributed by atoms with van der Waals surface area (Å²) >= 11 is 0. The third-order valence-electron chi connectivity index (χ3n) is 6.83. The summed E-state index contributed by atoms with van der Waals surface area (Å²) in [6, 6.07) is 14.0. The molecule has 0 radical (unpaired) electrons. The van der Waals surface area contributed by atoms with Crippen LogP contribution >= 0.6 is 0 Å². The number of aromatic nitrogens is 4. The first-order chi connectivity index (χ1) is 16.2. The Kier molecular flexibility index (Phi) is 6.51. The van der Waals surface area contributed by atoms with Crippen molar-refractivity contribution in [2.45, 2.75) is 44.7 Å². The second-order valence-electron chi connectivity index (χ2n) is 9.07. The smallest absolute Gasteiger partial charge is 0.123 e. The summed E-state index contributed by atoms with van der Waals surface area (Å²) in [6.07, 6.45) is 10.1. The number of aromatic amines is 1. The normalized spacial score (nSPS) is 16.4. The highest BCUT2D eigenvalue weighted by atomic mass is 19.1. The fraction of sp³-hybridized carbons (Fsp3) is 0.385. The Bertz CT molecular complexity index is 1160. The van der Waals surface area contributed by atoms with E-state index in [1.54, 1.807) is 24.8 Å². The summed E-state index contributed by atoms with van der Waals surface area (Å²) < 4.78 is 15.1. The minimum absolute atomic E-state index is 0.178. The Morgan fingerprint density at radius 3 is 2.61 bits per heavy atom. The molecule has 7 heteroatoms. The van der Waals surface area contributed by atoms with E-state index in [1.165, 1.54) is 16.5 Å². The molecule has 33 heavy (non-hydrogen) atoms. The number of aryl methyl sites for hydroxylation is 1. The maximum atomic E-state index is 13.2. The second-order valence-corrected chi connectivity index (χ2v) is 9.07. The molecule has 1 aliphatic heterocycles. The zero-order valence-corrected chi connectivity index (χ0v) is 19.0. The van der Waals surface area contributed by atoms with Crippen LogP contribution in [0.1, 0.15) is 43.4 Å². The topological polar surface area (TPSA) is 61.8 Å². The molecule has 0 amide bonds. The van der Waals surface area contributed by atoms with Crippen LogP contribution in [0.3, 0.4) is 0 Å². The Balaban J connectivity index is 1.10. The fourth-order valence-corrected chi connectivity index (χ4v) is 4.89. The predicted octanol–water partition coefficient (Wildman–Crippen LogP) is 4.64. The standard InChI is InChI=1S/C26H31FN6/c1-19(20-4-6-22(27)7-5-20)31-23-10-13-32(14-11-23)12-2-3-21-16-28-26-9-8-24(15-25(21)26)33-17-29-30-18-33/h4-9,15-19,23,28,31H,2-3,10-14H2,1H3/t19-/m0/s1. The number of H-pyrrole nitrogens is 1. The highest BCUT2D eigenvalue weighted by Crippen LogP contribution is 2.23. The van der Waals surface area contributed by atoms with Gasteiger partial charge in [0.1, 0.15) is 18.5 Å². The van der Waals surface area contributed by atoms with Crippen LogP contribution in [0.2, 0.25) is 0 Å². The lowest BCUT2D eigenvalue weighted by molar-refractivity contribution is 0.190. The van der Waals surface area contributed by atoms with E-state index in [0.29, 0.717) is 6.04 Å². The highest BCUT2D eigenvalue weighted by molar-refractivity contribution is 5.85. The second kappa shape index (κ2) is 9.85. The summed E-state index contributed by atoms with van der Waals surface area (Å²) in [5.41, 5.74) is 4.76. The van der Waals surface area contributed by atoms with Gasteiger partial charge in [0.25, 0.3) is 0 Å². The van der Waals surface area contributed by atoms with Crippen LogP contribution in [0, 0.1) is 5.82 Å². The van der Waals surface area contributed by atoms with Crippen LogP contribution in [0.25, 0.3) is 16.6 Å². The van der Waals surface area contributed by atoms with Crippen LogP contribution in [0.5, 0.6) is 0 Å². The van der Waals surface area contributed by atoms with E-state index in [4.69, 9.17) is 0 Å². The average molecular weight is 447 g/mol. The summed E-state index contributed by atoms with van der Waals surface area (Å²) in [7, 11) is 0. The lowest BCUT2D eigenvalue weighted by atomic mass is 10.0. The summed E-state index contributed by atoms with van der Waals surface area (Å²) in [6.45, 7) is 5.53. The molecule has 1 aliphatic rings. The van der Waals surface area contributed by atoms with Crippen molar-refractivity contribution < 1.29 is 4.39 Å². The van der Waals surface area contributed by atoms with Gasteiger partial charge in [0.2, 0.25) is 0 Å². The minimum Gasteiger partial charge on any atom is -0.361 e. The molecule has 0 spiro atoms. The number of halogens is 1. The molecule has 0 aliphatic carbocycles. The fourth-order valence-electron chi connectivity index (χ4n) is 4.89. The van der Waals surface area contributed by atoms with Gasteiger partial charge in [-0.05, 0) is 93.7 Å². The van der Waals surface area contributed by atoms with Gasteiger partial charge in [-0.15, -0.1) is 10.2 Å². The number of likely N-dealkylation sites (tertiary alicyclic amines) is 1. The van der Waals surface area contributed by atoms with Crippen molar-refractivity contribution in [2.75, 3.05) is 19.6 Å². The van der Waals surface area contributed by atoms with Gasteiger partial charge in [-0.1, -0.05) is 12.1 Å². The first-order valence-electron chi connectivity index (χ1n) is 11.8.